The van der Waals surface area contributed by atoms with E-state index in [0.717, 1.165) is 23.5 Å². The van der Waals surface area contributed by atoms with E-state index in [0.29, 0.717) is 11.6 Å². The van der Waals surface area contributed by atoms with Crippen molar-refractivity contribution in [3.8, 4) is 11.5 Å². The molecular weight excluding hydrogens is 234 g/mol. The molecule has 2 aromatic rings. The molecule has 0 bridgehead atoms. The Bertz CT molecular complexity index is 543. The van der Waals surface area contributed by atoms with Gasteiger partial charge in [-0.1, -0.05) is 44.2 Å². The zero-order chi connectivity index (χ0) is 13.8. The average Bonchev–Trinajstić information content (AvgIpc) is 2.42. The predicted octanol–water partition coefficient (Wildman–Crippen LogP) is 4.88. The highest BCUT2D eigenvalue weighted by atomic mass is 16.5. The Morgan fingerprint density at radius 1 is 1.11 bits per heavy atom. The molecule has 0 aliphatic heterocycles. The lowest BCUT2D eigenvalue weighted by atomic mass is 9.98. The van der Waals surface area contributed by atoms with Crippen molar-refractivity contribution in [2.45, 2.75) is 33.1 Å². The minimum atomic E-state index is 0.474. The highest BCUT2D eigenvalue weighted by Gasteiger charge is 2.12. The fourth-order valence-electron chi connectivity index (χ4n) is 2.13. The Labute approximate surface area is 115 Å². The first-order valence-electron chi connectivity index (χ1n) is 6.75. The number of anilines is 1. The molecule has 0 radical (unpaired) electrons. The number of nitrogen functional groups attached to an aromatic ring is 1. The van der Waals surface area contributed by atoms with E-state index in [9.17, 15) is 0 Å². The molecule has 0 spiro atoms. The fourth-order valence-corrected chi connectivity index (χ4v) is 2.13. The molecule has 2 nitrogen and oxygen atoms in total. The molecule has 0 aliphatic carbocycles. The zero-order valence-corrected chi connectivity index (χ0v) is 11.8. The van der Waals surface area contributed by atoms with E-state index in [-0.39, 0.29) is 0 Å². The Morgan fingerprint density at radius 2 is 1.84 bits per heavy atom. The summed E-state index contributed by atoms with van der Waals surface area (Å²) in [5, 5.41) is 0. The number of nitrogens with two attached hydrogens (primary N) is 1. The van der Waals surface area contributed by atoms with Gasteiger partial charge < -0.3 is 10.5 Å². The number of rotatable bonds is 4. The third-order valence-corrected chi connectivity index (χ3v) is 3.52. The van der Waals surface area contributed by atoms with Gasteiger partial charge in [-0.15, -0.1) is 0 Å². The summed E-state index contributed by atoms with van der Waals surface area (Å²) >= 11 is 0. The standard InChI is InChI=1S/C17H21NO/c1-4-12(2)14-9-5-6-11-16(14)19-17-13(3)8-7-10-15(17)18/h5-12H,4,18H2,1-3H3. The van der Waals surface area contributed by atoms with Gasteiger partial charge in [0.25, 0.3) is 0 Å². The summed E-state index contributed by atoms with van der Waals surface area (Å²) in [6.45, 7) is 6.41. The van der Waals surface area contributed by atoms with Crippen molar-refractivity contribution in [1.82, 2.24) is 0 Å². The van der Waals surface area contributed by atoms with E-state index in [4.69, 9.17) is 10.5 Å². The van der Waals surface area contributed by atoms with E-state index in [1.54, 1.807) is 0 Å². The highest BCUT2D eigenvalue weighted by Crippen LogP contribution is 2.35. The topological polar surface area (TPSA) is 35.2 Å². The van der Waals surface area contributed by atoms with Gasteiger partial charge in [-0.3, -0.25) is 0 Å². The first-order valence-corrected chi connectivity index (χ1v) is 6.75. The lowest BCUT2D eigenvalue weighted by Crippen LogP contribution is -1.99. The number of para-hydroxylation sites is 2. The summed E-state index contributed by atoms with van der Waals surface area (Å²) in [6, 6.07) is 14.0. The normalized spacial score (nSPS) is 12.2. The van der Waals surface area contributed by atoms with Crippen LogP contribution in [0.5, 0.6) is 11.5 Å². The predicted molar refractivity (Wildman–Crippen MR) is 80.8 cm³/mol. The van der Waals surface area contributed by atoms with Gasteiger partial charge >= 0.3 is 0 Å². The van der Waals surface area contributed by atoms with Gasteiger partial charge in [0.2, 0.25) is 0 Å². The van der Waals surface area contributed by atoms with Gasteiger partial charge in [0.1, 0.15) is 5.75 Å². The molecule has 100 valence electrons. The Balaban J connectivity index is 2.39. The van der Waals surface area contributed by atoms with Crippen molar-refractivity contribution in [1.29, 1.82) is 0 Å². The van der Waals surface area contributed by atoms with Crippen molar-refractivity contribution in [3.05, 3.63) is 53.6 Å². The van der Waals surface area contributed by atoms with Crippen LogP contribution in [-0.4, -0.2) is 0 Å². The van der Waals surface area contributed by atoms with Crippen LogP contribution in [0.15, 0.2) is 42.5 Å². The first kappa shape index (κ1) is 13.5. The SMILES string of the molecule is CCC(C)c1ccccc1Oc1c(C)cccc1N. The molecule has 0 amide bonds. The maximum Gasteiger partial charge on any atom is 0.153 e. The number of hydrogen-bond donors (Lipinski definition) is 1. The van der Waals surface area contributed by atoms with Crippen molar-refractivity contribution in [2.75, 3.05) is 5.73 Å². The summed E-state index contributed by atoms with van der Waals surface area (Å²) < 4.78 is 6.07. The van der Waals surface area contributed by atoms with Gasteiger partial charge in [-0.05, 0) is 42.5 Å². The summed E-state index contributed by atoms with van der Waals surface area (Å²) in [5.41, 5.74) is 8.97. The van der Waals surface area contributed by atoms with E-state index in [1.165, 1.54) is 5.56 Å². The van der Waals surface area contributed by atoms with Crippen molar-refractivity contribution in [3.63, 3.8) is 0 Å². The highest BCUT2D eigenvalue weighted by molar-refractivity contribution is 5.58. The monoisotopic (exact) mass is 255 g/mol. The van der Waals surface area contributed by atoms with Crippen LogP contribution in [0.3, 0.4) is 0 Å². The van der Waals surface area contributed by atoms with Crippen LogP contribution >= 0.6 is 0 Å². The molecule has 2 rings (SSSR count). The molecule has 0 aliphatic rings. The molecule has 1 unspecified atom stereocenters. The van der Waals surface area contributed by atoms with E-state index in [1.807, 2.05) is 37.3 Å². The van der Waals surface area contributed by atoms with Crippen LogP contribution in [0.25, 0.3) is 0 Å². The van der Waals surface area contributed by atoms with Crippen LogP contribution in [0, 0.1) is 6.92 Å². The van der Waals surface area contributed by atoms with Gasteiger partial charge in [0.05, 0.1) is 5.69 Å². The second-order valence-electron chi connectivity index (χ2n) is 4.94. The molecule has 2 aromatic carbocycles. The molecule has 0 aromatic heterocycles. The molecule has 2 heteroatoms. The van der Waals surface area contributed by atoms with Crippen LogP contribution in [0.4, 0.5) is 5.69 Å². The second-order valence-corrected chi connectivity index (χ2v) is 4.94. The maximum absolute atomic E-state index is 6.07. The quantitative estimate of drug-likeness (QED) is 0.790. The van der Waals surface area contributed by atoms with Crippen molar-refractivity contribution in [2.24, 2.45) is 0 Å². The summed E-state index contributed by atoms with van der Waals surface area (Å²) in [4.78, 5) is 0. The fraction of sp³-hybridized carbons (Fsp3) is 0.294. The third-order valence-electron chi connectivity index (χ3n) is 3.52. The smallest absolute Gasteiger partial charge is 0.153 e. The molecule has 0 heterocycles. The molecule has 0 saturated carbocycles. The van der Waals surface area contributed by atoms with Crippen LogP contribution in [0.1, 0.15) is 37.3 Å². The second kappa shape index (κ2) is 5.79. The van der Waals surface area contributed by atoms with Crippen molar-refractivity contribution >= 4 is 5.69 Å². The van der Waals surface area contributed by atoms with Gasteiger partial charge in [0, 0.05) is 0 Å². The lowest BCUT2D eigenvalue weighted by Gasteiger charge is -2.17. The molecular formula is C17H21NO. The maximum atomic E-state index is 6.07. The minimum absolute atomic E-state index is 0.474. The zero-order valence-electron chi connectivity index (χ0n) is 11.8. The molecule has 0 saturated heterocycles. The molecule has 1 atom stereocenters. The van der Waals surface area contributed by atoms with Crippen LogP contribution < -0.4 is 10.5 Å². The van der Waals surface area contributed by atoms with E-state index >= 15 is 0 Å². The molecule has 0 fully saturated rings. The van der Waals surface area contributed by atoms with Gasteiger partial charge in [-0.25, -0.2) is 0 Å². The average molecular weight is 255 g/mol. The molecule has 19 heavy (non-hydrogen) atoms. The first-order chi connectivity index (χ1) is 9.13. The molecule has 2 N–H and O–H groups in total. The summed E-state index contributed by atoms with van der Waals surface area (Å²) in [7, 11) is 0. The largest absolute Gasteiger partial charge is 0.455 e. The van der Waals surface area contributed by atoms with Crippen LogP contribution in [0.2, 0.25) is 0 Å². The Kier molecular flexibility index (Phi) is 4.10. The van der Waals surface area contributed by atoms with E-state index in [2.05, 4.69) is 26.0 Å². The summed E-state index contributed by atoms with van der Waals surface area (Å²) in [5.74, 6) is 2.14. The number of hydrogen-bond acceptors (Lipinski definition) is 2. The van der Waals surface area contributed by atoms with Crippen LogP contribution in [-0.2, 0) is 0 Å². The number of ether oxygens (including phenoxy) is 1. The summed E-state index contributed by atoms with van der Waals surface area (Å²) in [6.07, 6.45) is 1.09. The van der Waals surface area contributed by atoms with Gasteiger partial charge in [-0.2, -0.15) is 0 Å². The number of benzene rings is 2. The van der Waals surface area contributed by atoms with Gasteiger partial charge in [0.15, 0.2) is 5.75 Å². The minimum Gasteiger partial charge on any atom is -0.455 e. The van der Waals surface area contributed by atoms with Crippen molar-refractivity contribution < 1.29 is 4.74 Å². The Morgan fingerprint density at radius 3 is 2.53 bits per heavy atom. The Hall–Kier alpha value is -1.96. The lowest BCUT2D eigenvalue weighted by molar-refractivity contribution is 0.469. The van der Waals surface area contributed by atoms with E-state index < -0.39 is 0 Å². The third kappa shape index (κ3) is 2.90. The number of aryl methyl sites for hydroxylation is 1.